The van der Waals surface area contributed by atoms with E-state index in [0.717, 1.165) is 44.1 Å². The molecule has 2 atom stereocenters. The van der Waals surface area contributed by atoms with Gasteiger partial charge >= 0.3 is 0 Å². The second-order valence-corrected chi connectivity index (χ2v) is 5.58. The van der Waals surface area contributed by atoms with Crippen molar-refractivity contribution in [3.8, 4) is 0 Å². The fraction of sp³-hybridized carbons (Fsp3) is 1.00. The number of hydrogen-bond acceptors (Lipinski definition) is 3. The van der Waals surface area contributed by atoms with Crippen molar-refractivity contribution in [1.82, 2.24) is 10.2 Å². The highest BCUT2D eigenvalue weighted by Crippen LogP contribution is 2.31. The number of rotatable bonds is 9. The molecule has 0 aromatic carbocycles. The van der Waals surface area contributed by atoms with Gasteiger partial charge in [0, 0.05) is 19.7 Å². The summed E-state index contributed by atoms with van der Waals surface area (Å²) in [5, 5.41) is 3.59. The Morgan fingerprint density at radius 1 is 1.35 bits per heavy atom. The summed E-state index contributed by atoms with van der Waals surface area (Å²) >= 11 is 0. The minimum absolute atomic E-state index is 0.754. The Morgan fingerprint density at radius 2 is 2.12 bits per heavy atom. The zero-order valence-corrected chi connectivity index (χ0v) is 12.0. The van der Waals surface area contributed by atoms with Crippen LogP contribution >= 0.6 is 0 Å². The smallest absolute Gasteiger partial charge is 0.0589 e. The van der Waals surface area contributed by atoms with E-state index in [2.05, 4.69) is 31.0 Å². The Kier molecular flexibility index (Phi) is 7.09. The van der Waals surface area contributed by atoms with Gasteiger partial charge in [-0.25, -0.2) is 0 Å². The van der Waals surface area contributed by atoms with Crippen LogP contribution in [0.5, 0.6) is 0 Å². The zero-order chi connectivity index (χ0) is 12.7. The van der Waals surface area contributed by atoms with E-state index in [-0.39, 0.29) is 0 Å². The van der Waals surface area contributed by atoms with Crippen LogP contribution in [0.1, 0.15) is 33.6 Å². The van der Waals surface area contributed by atoms with Gasteiger partial charge in [0.1, 0.15) is 0 Å². The first-order chi connectivity index (χ1) is 8.19. The summed E-state index contributed by atoms with van der Waals surface area (Å²) in [5.41, 5.74) is 0. The third kappa shape index (κ3) is 4.94. The lowest BCUT2D eigenvalue weighted by Crippen LogP contribution is -2.51. The van der Waals surface area contributed by atoms with Crippen molar-refractivity contribution in [1.29, 1.82) is 0 Å². The molecule has 1 aliphatic carbocycles. The molecule has 3 heteroatoms. The lowest BCUT2D eigenvalue weighted by Gasteiger charge is -2.44. The van der Waals surface area contributed by atoms with E-state index in [1.165, 1.54) is 19.4 Å². The van der Waals surface area contributed by atoms with Gasteiger partial charge in [0.15, 0.2) is 0 Å². The maximum atomic E-state index is 5.18. The molecule has 0 aromatic heterocycles. The van der Waals surface area contributed by atoms with Gasteiger partial charge in [0.05, 0.1) is 6.61 Å². The van der Waals surface area contributed by atoms with E-state index >= 15 is 0 Å². The van der Waals surface area contributed by atoms with Crippen molar-refractivity contribution < 1.29 is 4.74 Å². The van der Waals surface area contributed by atoms with E-state index in [4.69, 9.17) is 4.74 Å². The number of methoxy groups -OCH3 is 1. The number of hydrogen-bond donors (Lipinski definition) is 1. The van der Waals surface area contributed by atoms with Crippen molar-refractivity contribution in [2.24, 2.45) is 11.8 Å². The molecule has 0 aliphatic heterocycles. The molecule has 0 spiro atoms. The van der Waals surface area contributed by atoms with Crippen LogP contribution in [0.4, 0.5) is 0 Å². The number of likely N-dealkylation sites (N-methyl/N-ethyl adjacent to an activating group) is 1. The minimum atomic E-state index is 0.754. The number of ether oxygens (including phenoxy) is 1. The summed E-state index contributed by atoms with van der Waals surface area (Å²) in [6, 6.07) is 0.787. The van der Waals surface area contributed by atoms with Gasteiger partial charge in [-0.1, -0.05) is 20.8 Å². The molecule has 0 bridgehead atoms. The Balaban J connectivity index is 2.23. The first-order valence-corrected chi connectivity index (χ1v) is 7.12. The van der Waals surface area contributed by atoms with E-state index < -0.39 is 0 Å². The second-order valence-electron chi connectivity index (χ2n) is 5.58. The Labute approximate surface area is 107 Å². The predicted octanol–water partition coefficient (Wildman–Crippen LogP) is 1.98. The molecule has 17 heavy (non-hydrogen) atoms. The van der Waals surface area contributed by atoms with Crippen molar-refractivity contribution in [3.05, 3.63) is 0 Å². The van der Waals surface area contributed by atoms with Gasteiger partial charge in [0.2, 0.25) is 0 Å². The van der Waals surface area contributed by atoms with Crippen LogP contribution in [0.3, 0.4) is 0 Å². The zero-order valence-electron chi connectivity index (χ0n) is 12.0. The van der Waals surface area contributed by atoms with Crippen molar-refractivity contribution >= 4 is 0 Å². The highest BCUT2D eigenvalue weighted by molar-refractivity contribution is 4.89. The molecule has 0 aromatic rings. The highest BCUT2D eigenvalue weighted by atomic mass is 16.5. The van der Waals surface area contributed by atoms with Gasteiger partial charge in [0.25, 0.3) is 0 Å². The van der Waals surface area contributed by atoms with E-state index in [9.17, 15) is 0 Å². The Morgan fingerprint density at radius 3 is 2.59 bits per heavy atom. The van der Waals surface area contributed by atoms with E-state index in [1.54, 1.807) is 7.11 Å². The molecule has 0 radical (unpaired) electrons. The maximum Gasteiger partial charge on any atom is 0.0589 e. The largest absolute Gasteiger partial charge is 0.383 e. The normalized spacial score (nSPS) is 24.4. The topological polar surface area (TPSA) is 24.5 Å². The highest BCUT2D eigenvalue weighted by Gasteiger charge is 2.34. The fourth-order valence-corrected chi connectivity index (χ4v) is 2.59. The molecule has 1 saturated carbocycles. The molecule has 1 fully saturated rings. The monoisotopic (exact) mass is 242 g/mol. The predicted molar refractivity (Wildman–Crippen MR) is 73.3 cm³/mol. The van der Waals surface area contributed by atoms with E-state index in [0.29, 0.717) is 0 Å². The van der Waals surface area contributed by atoms with Gasteiger partial charge < -0.3 is 10.1 Å². The van der Waals surface area contributed by atoms with Crippen LogP contribution in [-0.2, 0) is 4.74 Å². The Bertz CT molecular complexity index is 197. The van der Waals surface area contributed by atoms with Gasteiger partial charge in [-0.2, -0.15) is 0 Å². The van der Waals surface area contributed by atoms with Crippen molar-refractivity contribution in [2.45, 2.75) is 39.7 Å². The summed E-state index contributed by atoms with van der Waals surface area (Å²) in [6.07, 6.45) is 2.75. The minimum Gasteiger partial charge on any atom is -0.383 e. The molecule has 0 saturated heterocycles. The first-order valence-electron chi connectivity index (χ1n) is 7.12. The fourth-order valence-electron chi connectivity index (χ4n) is 2.59. The number of nitrogens with one attached hydrogen (secondary N) is 1. The third-order valence-corrected chi connectivity index (χ3v) is 3.79. The van der Waals surface area contributed by atoms with Crippen LogP contribution in [0.25, 0.3) is 0 Å². The second kappa shape index (κ2) is 8.06. The van der Waals surface area contributed by atoms with Crippen LogP contribution in [0, 0.1) is 11.8 Å². The van der Waals surface area contributed by atoms with Gasteiger partial charge in [-0.15, -0.1) is 0 Å². The summed E-state index contributed by atoms with van der Waals surface area (Å²) in [6.45, 7) is 12.2. The molecule has 0 heterocycles. The van der Waals surface area contributed by atoms with Gasteiger partial charge in [-0.3, -0.25) is 4.90 Å². The molecule has 1 aliphatic rings. The molecule has 0 amide bonds. The van der Waals surface area contributed by atoms with Crippen molar-refractivity contribution in [3.63, 3.8) is 0 Å². The molecule has 102 valence electrons. The van der Waals surface area contributed by atoms with Crippen LogP contribution in [0.2, 0.25) is 0 Å². The SMILES string of the molecule is CCN(CCOC)C1CCC1CNCC(C)C. The van der Waals surface area contributed by atoms with Gasteiger partial charge in [-0.05, 0) is 44.3 Å². The van der Waals surface area contributed by atoms with Crippen molar-refractivity contribution in [2.75, 3.05) is 39.9 Å². The standard InChI is InChI=1S/C14H30N2O/c1-5-16(8-9-17-4)14-7-6-13(14)11-15-10-12(2)3/h12-15H,5-11H2,1-4H3. The summed E-state index contributed by atoms with van der Waals surface area (Å²) in [7, 11) is 1.79. The van der Waals surface area contributed by atoms with Crippen LogP contribution in [0.15, 0.2) is 0 Å². The summed E-state index contributed by atoms with van der Waals surface area (Å²) < 4.78 is 5.18. The summed E-state index contributed by atoms with van der Waals surface area (Å²) in [5.74, 6) is 1.61. The third-order valence-electron chi connectivity index (χ3n) is 3.79. The lowest BCUT2D eigenvalue weighted by molar-refractivity contribution is 0.0436. The first kappa shape index (κ1) is 14.9. The van der Waals surface area contributed by atoms with Crippen LogP contribution < -0.4 is 5.32 Å². The Hall–Kier alpha value is -0.120. The average Bonchev–Trinajstić information content (AvgIpc) is 2.27. The molecule has 1 N–H and O–H groups in total. The summed E-state index contributed by atoms with van der Waals surface area (Å²) in [4.78, 5) is 2.58. The maximum absolute atomic E-state index is 5.18. The van der Waals surface area contributed by atoms with Crippen LogP contribution in [-0.4, -0.2) is 50.8 Å². The van der Waals surface area contributed by atoms with E-state index in [1.807, 2.05) is 0 Å². The average molecular weight is 242 g/mol. The number of nitrogens with zero attached hydrogens (tertiary/aromatic N) is 1. The molecular weight excluding hydrogens is 212 g/mol. The molecule has 2 unspecified atom stereocenters. The molecule has 3 nitrogen and oxygen atoms in total. The molecule has 1 rings (SSSR count). The quantitative estimate of drug-likeness (QED) is 0.669. The lowest BCUT2D eigenvalue weighted by atomic mass is 9.78. The molecular formula is C14H30N2O.